The van der Waals surface area contributed by atoms with Crippen molar-refractivity contribution in [1.82, 2.24) is 19.9 Å². The minimum atomic E-state index is -0.213. The Labute approximate surface area is 91.9 Å². The van der Waals surface area contributed by atoms with E-state index in [1.54, 1.807) is 4.68 Å². The summed E-state index contributed by atoms with van der Waals surface area (Å²) in [5, 5.41) is 17.3. The summed E-state index contributed by atoms with van der Waals surface area (Å²) in [5.74, 6) is 1.32. The molecule has 84 valence electrons. The molecule has 0 saturated heterocycles. The van der Waals surface area contributed by atoms with Gasteiger partial charge in [0.25, 0.3) is 0 Å². The molecule has 1 aliphatic carbocycles. The van der Waals surface area contributed by atoms with E-state index >= 15 is 0 Å². The number of hydrogen-bond acceptors (Lipinski definition) is 5. The van der Waals surface area contributed by atoms with Gasteiger partial charge in [-0.3, -0.25) is 4.68 Å². The molecule has 0 amide bonds. The van der Waals surface area contributed by atoms with E-state index in [0.29, 0.717) is 30.3 Å². The van der Waals surface area contributed by atoms with Crippen LogP contribution >= 0.6 is 0 Å². The van der Waals surface area contributed by atoms with Crippen LogP contribution in [0.4, 0.5) is 0 Å². The van der Waals surface area contributed by atoms with E-state index in [9.17, 15) is 5.11 Å². The van der Waals surface area contributed by atoms with Crippen molar-refractivity contribution in [3.8, 4) is 11.5 Å². The van der Waals surface area contributed by atoms with Gasteiger partial charge >= 0.3 is 0 Å². The van der Waals surface area contributed by atoms with Gasteiger partial charge in [-0.05, 0) is 18.9 Å². The lowest BCUT2D eigenvalue weighted by Crippen LogP contribution is -2.26. The highest BCUT2D eigenvalue weighted by atomic mass is 16.5. The lowest BCUT2D eigenvalue weighted by molar-refractivity contribution is 0.0625. The van der Waals surface area contributed by atoms with Gasteiger partial charge in [-0.2, -0.15) is 10.1 Å². The third-order valence-electron chi connectivity index (χ3n) is 2.85. The molecular weight excluding hydrogens is 208 g/mol. The molecule has 1 aliphatic rings. The van der Waals surface area contributed by atoms with E-state index in [-0.39, 0.29) is 12.0 Å². The summed E-state index contributed by atoms with van der Waals surface area (Å²) in [4.78, 5) is 4.29. The molecule has 6 nitrogen and oxygen atoms in total. The maximum atomic E-state index is 9.20. The summed E-state index contributed by atoms with van der Waals surface area (Å²) >= 11 is 0. The zero-order chi connectivity index (χ0) is 11.1. The van der Waals surface area contributed by atoms with Gasteiger partial charge in [0.2, 0.25) is 11.7 Å². The third-order valence-corrected chi connectivity index (χ3v) is 2.85. The second-order valence-electron chi connectivity index (χ2n) is 4.15. The number of hydrogen-bond donors (Lipinski definition) is 1. The molecule has 2 heterocycles. The summed E-state index contributed by atoms with van der Waals surface area (Å²) in [7, 11) is 1.84. The molecular formula is C10H12N4O2. The minimum Gasteiger partial charge on any atom is -0.393 e. The monoisotopic (exact) mass is 220 g/mol. The number of aliphatic hydroxyl groups is 1. The zero-order valence-electron chi connectivity index (χ0n) is 8.87. The second-order valence-corrected chi connectivity index (χ2v) is 4.15. The second kappa shape index (κ2) is 3.41. The van der Waals surface area contributed by atoms with Crippen molar-refractivity contribution in [1.29, 1.82) is 0 Å². The fraction of sp³-hybridized carbons (Fsp3) is 0.500. The smallest absolute Gasteiger partial charge is 0.230 e. The van der Waals surface area contributed by atoms with Crippen LogP contribution in [0, 0.1) is 0 Å². The Morgan fingerprint density at radius 1 is 1.50 bits per heavy atom. The molecule has 0 spiro atoms. The Balaban J connectivity index is 1.82. The van der Waals surface area contributed by atoms with Gasteiger partial charge in [0.15, 0.2) is 0 Å². The van der Waals surface area contributed by atoms with Gasteiger partial charge in [0, 0.05) is 19.2 Å². The van der Waals surface area contributed by atoms with Crippen LogP contribution in [0.25, 0.3) is 11.5 Å². The van der Waals surface area contributed by atoms with E-state index < -0.39 is 0 Å². The maximum absolute atomic E-state index is 9.20. The topological polar surface area (TPSA) is 77.0 Å². The molecule has 0 bridgehead atoms. The Kier molecular flexibility index (Phi) is 2.03. The van der Waals surface area contributed by atoms with Crippen LogP contribution in [0.5, 0.6) is 0 Å². The summed E-state index contributed by atoms with van der Waals surface area (Å²) in [6, 6.07) is 1.84. The highest BCUT2D eigenvalue weighted by molar-refractivity contribution is 5.46. The number of aliphatic hydroxyl groups excluding tert-OH is 1. The van der Waals surface area contributed by atoms with Crippen LogP contribution < -0.4 is 0 Å². The fourth-order valence-corrected chi connectivity index (χ4v) is 1.83. The molecule has 2 aromatic rings. The van der Waals surface area contributed by atoms with E-state index in [1.807, 2.05) is 19.3 Å². The summed E-state index contributed by atoms with van der Waals surface area (Å²) in [5.41, 5.74) is 0.706. The third kappa shape index (κ3) is 1.51. The van der Waals surface area contributed by atoms with E-state index in [4.69, 9.17) is 4.52 Å². The zero-order valence-corrected chi connectivity index (χ0v) is 8.87. The molecule has 0 atom stereocenters. The van der Waals surface area contributed by atoms with Crippen LogP contribution in [0.15, 0.2) is 16.8 Å². The summed E-state index contributed by atoms with van der Waals surface area (Å²) in [6.07, 6.45) is 3.04. The average molecular weight is 220 g/mol. The Morgan fingerprint density at radius 3 is 2.94 bits per heavy atom. The van der Waals surface area contributed by atoms with Crippen LogP contribution in [0.1, 0.15) is 24.7 Å². The maximum Gasteiger partial charge on any atom is 0.230 e. The van der Waals surface area contributed by atoms with Crippen molar-refractivity contribution in [3.63, 3.8) is 0 Å². The number of rotatable bonds is 2. The van der Waals surface area contributed by atoms with Crippen molar-refractivity contribution in [2.24, 2.45) is 7.05 Å². The molecule has 1 saturated carbocycles. The summed E-state index contributed by atoms with van der Waals surface area (Å²) in [6.45, 7) is 0. The first-order valence-corrected chi connectivity index (χ1v) is 5.24. The number of aryl methyl sites for hydroxylation is 1. The highest BCUT2D eigenvalue weighted by Crippen LogP contribution is 2.36. The Bertz CT molecular complexity index is 498. The first kappa shape index (κ1) is 9.53. The van der Waals surface area contributed by atoms with Crippen LogP contribution in [0.3, 0.4) is 0 Å². The lowest BCUT2D eigenvalue weighted by Gasteiger charge is -2.27. The molecule has 0 unspecified atom stereocenters. The lowest BCUT2D eigenvalue weighted by atomic mass is 9.82. The van der Waals surface area contributed by atoms with Crippen molar-refractivity contribution < 1.29 is 9.63 Å². The molecule has 6 heteroatoms. The molecule has 1 N–H and O–H groups in total. The van der Waals surface area contributed by atoms with Crippen molar-refractivity contribution in [2.75, 3.05) is 0 Å². The van der Waals surface area contributed by atoms with Gasteiger partial charge in [-0.1, -0.05) is 5.16 Å². The van der Waals surface area contributed by atoms with Gasteiger partial charge in [-0.25, -0.2) is 0 Å². The summed E-state index contributed by atoms with van der Waals surface area (Å²) < 4.78 is 6.85. The predicted octanol–water partition coefficient (Wildman–Crippen LogP) is 0.708. The van der Waals surface area contributed by atoms with Crippen LogP contribution in [-0.2, 0) is 7.05 Å². The van der Waals surface area contributed by atoms with Crippen molar-refractivity contribution >= 4 is 0 Å². The number of nitrogens with zero attached hydrogens (tertiary/aromatic N) is 4. The normalized spacial score (nSPS) is 24.4. The average Bonchev–Trinajstić information content (AvgIpc) is 2.81. The first-order valence-electron chi connectivity index (χ1n) is 5.24. The van der Waals surface area contributed by atoms with Gasteiger partial charge < -0.3 is 9.63 Å². The molecule has 16 heavy (non-hydrogen) atoms. The Hall–Kier alpha value is -1.69. The van der Waals surface area contributed by atoms with E-state index in [2.05, 4.69) is 15.2 Å². The largest absolute Gasteiger partial charge is 0.393 e. The van der Waals surface area contributed by atoms with Crippen molar-refractivity contribution in [3.05, 3.63) is 18.2 Å². The van der Waals surface area contributed by atoms with E-state index in [1.165, 1.54) is 0 Å². The Morgan fingerprint density at radius 2 is 2.31 bits per heavy atom. The molecule has 0 aromatic carbocycles. The quantitative estimate of drug-likeness (QED) is 0.806. The van der Waals surface area contributed by atoms with Gasteiger partial charge in [0.05, 0.1) is 6.10 Å². The molecule has 3 rings (SSSR count). The standard InChI is InChI=1S/C10H12N4O2/c1-14-3-2-8(12-14)9-11-10(16-13-9)6-4-7(15)5-6/h2-3,6-7,15H,4-5H2,1H3. The van der Waals surface area contributed by atoms with Crippen LogP contribution in [-0.4, -0.2) is 31.1 Å². The minimum absolute atomic E-state index is 0.208. The fourth-order valence-electron chi connectivity index (χ4n) is 1.83. The molecule has 2 aromatic heterocycles. The van der Waals surface area contributed by atoms with Gasteiger partial charge in [-0.15, -0.1) is 0 Å². The van der Waals surface area contributed by atoms with Gasteiger partial charge in [0.1, 0.15) is 5.69 Å². The molecule has 0 radical (unpaired) electrons. The SMILES string of the molecule is Cn1ccc(-c2noc(C3CC(O)C3)n2)n1. The molecule has 1 fully saturated rings. The first-order chi connectivity index (χ1) is 7.72. The number of aromatic nitrogens is 4. The van der Waals surface area contributed by atoms with Crippen LogP contribution in [0.2, 0.25) is 0 Å². The van der Waals surface area contributed by atoms with E-state index in [0.717, 1.165) is 0 Å². The highest BCUT2D eigenvalue weighted by Gasteiger charge is 2.33. The predicted molar refractivity (Wildman–Crippen MR) is 54.5 cm³/mol. The van der Waals surface area contributed by atoms with Crippen molar-refractivity contribution in [2.45, 2.75) is 24.9 Å². The molecule has 0 aliphatic heterocycles.